The molecule has 0 bridgehead atoms. The molecule has 2 N–H and O–H groups in total. The van der Waals surface area contributed by atoms with Crippen LogP contribution in [0, 0.1) is 18.3 Å². The Labute approximate surface area is 103 Å². The molecule has 1 aliphatic carbocycles. The molecule has 1 saturated carbocycles. The summed E-state index contributed by atoms with van der Waals surface area (Å²) in [5.74, 6) is 2.03. The van der Waals surface area contributed by atoms with Crippen molar-refractivity contribution in [2.75, 3.05) is 0 Å². The number of hydrogen-bond donors (Lipinski definition) is 1. The van der Waals surface area contributed by atoms with E-state index in [-0.39, 0.29) is 5.54 Å². The van der Waals surface area contributed by atoms with Gasteiger partial charge >= 0.3 is 0 Å². The number of aryl methyl sites for hydroxylation is 1. The summed E-state index contributed by atoms with van der Waals surface area (Å²) in [7, 11) is 0. The average Bonchev–Trinajstić information content (AvgIpc) is 2.65. The lowest BCUT2D eigenvalue weighted by Gasteiger charge is -2.40. The average molecular weight is 237 g/mol. The van der Waals surface area contributed by atoms with Crippen LogP contribution in [0.1, 0.15) is 58.2 Å². The molecule has 0 unspecified atom stereocenters. The van der Waals surface area contributed by atoms with Gasteiger partial charge in [-0.2, -0.15) is 4.98 Å². The summed E-state index contributed by atoms with van der Waals surface area (Å²) in [5, 5.41) is 3.99. The molecule has 1 aromatic heterocycles. The van der Waals surface area contributed by atoms with E-state index in [2.05, 4.69) is 30.9 Å². The van der Waals surface area contributed by atoms with Crippen molar-refractivity contribution in [3.05, 3.63) is 11.7 Å². The van der Waals surface area contributed by atoms with Crippen LogP contribution in [0.5, 0.6) is 0 Å². The van der Waals surface area contributed by atoms with Gasteiger partial charge in [-0.25, -0.2) is 0 Å². The predicted molar refractivity (Wildman–Crippen MR) is 66.3 cm³/mol. The SMILES string of the molecule is Cc1nc(C2(N)CCC(C(C)(C)C)CC2)no1. The molecule has 0 aromatic carbocycles. The Morgan fingerprint density at radius 2 is 1.88 bits per heavy atom. The standard InChI is InChI=1S/C13H23N3O/c1-9-15-11(16-17-9)13(14)7-5-10(6-8-13)12(2,3)4/h10H,5-8,14H2,1-4H3. The van der Waals surface area contributed by atoms with Crippen molar-refractivity contribution in [2.45, 2.75) is 58.9 Å². The van der Waals surface area contributed by atoms with Gasteiger partial charge in [0.05, 0.1) is 5.54 Å². The molecule has 1 aliphatic rings. The molecule has 17 heavy (non-hydrogen) atoms. The smallest absolute Gasteiger partial charge is 0.223 e. The van der Waals surface area contributed by atoms with Crippen LogP contribution in [0.2, 0.25) is 0 Å². The molecule has 0 atom stereocenters. The largest absolute Gasteiger partial charge is 0.340 e. The Morgan fingerprint density at radius 1 is 1.29 bits per heavy atom. The Balaban J connectivity index is 2.07. The monoisotopic (exact) mass is 237 g/mol. The molecular weight excluding hydrogens is 214 g/mol. The van der Waals surface area contributed by atoms with Crippen LogP contribution in [0.15, 0.2) is 4.52 Å². The van der Waals surface area contributed by atoms with Crippen LogP contribution >= 0.6 is 0 Å². The van der Waals surface area contributed by atoms with Crippen molar-refractivity contribution in [1.82, 2.24) is 10.1 Å². The van der Waals surface area contributed by atoms with Gasteiger partial charge in [-0.15, -0.1) is 0 Å². The summed E-state index contributed by atoms with van der Waals surface area (Å²) in [6.07, 6.45) is 4.20. The predicted octanol–water partition coefficient (Wildman–Crippen LogP) is 2.77. The Bertz CT molecular complexity index is 384. The van der Waals surface area contributed by atoms with Gasteiger partial charge in [-0.1, -0.05) is 25.9 Å². The quantitative estimate of drug-likeness (QED) is 0.815. The van der Waals surface area contributed by atoms with Gasteiger partial charge in [-0.05, 0) is 37.0 Å². The van der Waals surface area contributed by atoms with Gasteiger partial charge in [0.15, 0.2) is 5.82 Å². The van der Waals surface area contributed by atoms with Crippen molar-refractivity contribution in [3.63, 3.8) is 0 Å². The number of rotatable bonds is 1. The maximum Gasteiger partial charge on any atom is 0.223 e. The van der Waals surface area contributed by atoms with E-state index in [0.29, 0.717) is 17.1 Å². The van der Waals surface area contributed by atoms with Crippen molar-refractivity contribution in [1.29, 1.82) is 0 Å². The van der Waals surface area contributed by atoms with E-state index in [4.69, 9.17) is 10.3 Å². The molecule has 1 heterocycles. The maximum absolute atomic E-state index is 6.41. The molecule has 0 aliphatic heterocycles. The van der Waals surface area contributed by atoms with Crippen molar-refractivity contribution in [2.24, 2.45) is 17.1 Å². The zero-order valence-electron chi connectivity index (χ0n) is 11.3. The topological polar surface area (TPSA) is 64.9 Å². The molecule has 96 valence electrons. The maximum atomic E-state index is 6.41. The second-order valence-electron chi connectivity index (χ2n) is 6.43. The lowest BCUT2D eigenvalue weighted by Crippen LogP contribution is -2.43. The van der Waals surface area contributed by atoms with Crippen LogP contribution in [0.3, 0.4) is 0 Å². The van der Waals surface area contributed by atoms with Gasteiger partial charge in [0.2, 0.25) is 5.89 Å². The third-order valence-electron chi connectivity index (χ3n) is 4.08. The highest BCUT2D eigenvalue weighted by molar-refractivity contribution is 5.06. The van der Waals surface area contributed by atoms with E-state index in [1.165, 1.54) is 0 Å². The van der Waals surface area contributed by atoms with E-state index in [1.54, 1.807) is 6.92 Å². The molecule has 0 spiro atoms. The number of hydrogen-bond acceptors (Lipinski definition) is 4. The fourth-order valence-corrected chi connectivity index (χ4v) is 2.72. The molecule has 0 amide bonds. The molecular formula is C13H23N3O. The number of aromatic nitrogens is 2. The molecule has 0 radical (unpaired) electrons. The third-order valence-corrected chi connectivity index (χ3v) is 4.08. The second kappa shape index (κ2) is 4.09. The number of nitrogens with zero attached hydrogens (tertiary/aromatic N) is 2. The van der Waals surface area contributed by atoms with E-state index in [1.807, 2.05) is 0 Å². The lowest BCUT2D eigenvalue weighted by atomic mass is 9.67. The summed E-state index contributed by atoms with van der Waals surface area (Å²) in [6, 6.07) is 0. The van der Waals surface area contributed by atoms with E-state index in [9.17, 15) is 0 Å². The van der Waals surface area contributed by atoms with Crippen molar-refractivity contribution >= 4 is 0 Å². The number of nitrogens with two attached hydrogens (primary N) is 1. The highest BCUT2D eigenvalue weighted by atomic mass is 16.5. The highest BCUT2D eigenvalue weighted by Gasteiger charge is 2.39. The van der Waals surface area contributed by atoms with Gasteiger partial charge in [0.25, 0.3) is 0 Å². The fourth-order valence-electron chi connectivity index (χ4n) is 2.72. The van der Waals surface area contributed by atoms with Crippen LogP contribution in [-0.4, -0.2) is 10.1 Å². The van der Waals surface area contributed by atoms with Gasteiger partial charge < -0.3 is 10.3 Å². The minimum Gasteiger partial charge on any atom is -0.340 e. The zero-order valence-corrected chi connectivity index (χ0v) is 11.3. The summed E-state index contributed by atoms with van der Waals surface area (Å²) in [6.45, 7) is 8.72. The summed E-state index contributed by atoms with van der Waals surface area (Å²) in [5.41, 5.74) is 6.41. The van der Waals surface area contributed by atoms with Gasteiger partial charge in [0.1, 0.15) is 0 Å². The second-order valence-corrected chi connectivity index (χ2v) is 6.43. The van der Waals surface area contributed by atoms with E-state index < -0.39 is 0 Å². The Kier molecular flexibility index (Phi) is 3.02. The lowest BCUT2D eigenvalue weighted by molar-refractivity contribution is 0.128. The van der Waals surface area contributed by atoms with Crippen LogP contribution in [-0.2, 0) is 5.54 Å². The highest BCUT2D eigenvalue weighted by Crippen LogP contribution is 2.43. The molecule has 1 aromatic rings. The molecule has 1 fully saturated rings. The van der Waals surface area contributed by atoms with Crippen LogP contribution in [0.4, 0.5) is 0 Å². The first-order valence-corrected chi connectivity index (χ1v) is 6.41. The van der Waals surface area contributed by atoms with E-state index in [0.717, 1.165) is 31.6 Å². The minimum atomic E-state index is -0.375. The van der Waals surface area contributed by atoms with Crippen molar-refractivity contribution in [3.8, 4) is 0 Å². The molecule has 0 saturated heterocycles. The molecule has 2 rings (SSSR count). The zero-order chi connectivity index (χ0) is 12.7. The van der Waals surface area contributed by atoms with Crippen LogP contribution < -0.4 is 5.73 Å². The Morgan fingerprint density at radius 3 is 2.29 bits per heavy atom. The van der Waals surface area contributed by atoms with Gasteiger partial charge in [0, 0.05) is 6.92 Å². The minimum absolute atomic E-state index is 0.370. The van der Waals surface area contributed by atoms with Crippen LogP contribution in [0.25, 0.3) is 0 Å². The molecule has 4 heteroatoms. The first-order chi connectivity index (χ1) is 7.81. The van der Waals surface area contributed by atoms with E-state index >= 15 is 0 Å². The summed E-state index contributed by atoms with van der Waals surface area (Å²) < 4.78 is 5.04. The summed E-state index contributed by atoms with van der Waals surface area (Å²) >= 11 is 0. The first-order valence-electron chi connectivity index (χ1n) is 6.41. The van der Waals surface area contributed by atoms with Gasteiger partial charge in [-0.3, -0.25) is 0 Å². The fraction of sp³-hybridized carbons (Fsp3) is 0.846. The Hall–Kier alpha value is -0.900. The summed E-state index contributed by atoms with van der Waals surface area (Å²) in [4.78, 5) is 4.29. The first kappa shape index (κ1) is 12.6. The van der Waals surface area contributed by atoms with Crippen molar-refractivity contribution < 1.29 is 4.52 Å². The third kappa shape index (κ3) is 2.51. The molecule has 4 nitrogen and oxygen atoms in total. The normalized spacial score (nSPS) is 30.5.